The van der Waals surface area contributed by atoms with Crippen molar-refractivity contribution in [3.63, 3.8) is 0 Å². The Hall–Kier alpha value is -2.68. The van der Waals surface area contributed by atoms with E-state index in [0.717, 1.165) is 10.1 Å². The lowest BCUT2D eigenvalue weighted by Gasteiger charge is -2.01. The number of hydrogen-bond acceptors (Lipinski definition) is 5. The van der Waals surface area contributed by atoms with Gasteiger partial charge < -0.3 is 10.3 Å². The maximum atomic E-state index is 12.1. The number of carbonyl (C=O) groups excluding carboxylic acids is 1. The average Bonchev–Trinajstić information content (AvgIpc) is 3.15. The Kier molecular flexibility index (Phi) is 3.64. The van der Waals surface area contributed by atoms with Gasteiger partial charge in [-0.25, -0.2) is 9.78 Å². The summed E-state index contributed by atoms with van der Waals surface area (Å²) in [6, 6.07) is 1.88. The van der Waals surface area contributed by atoms with Gasteiger partial charge in [0, 0.05) is 14.1 Å². The van der Waals surface area contributed by atoms with E-state index >= 15 is 0 Å². The van der Waals surface area contributed by atoms with Gasteiger partial charge in [0.2, 0.25) is 0 Å². The number of H-pyrrole nitrogens is 1. The van der Waals surface area contributed by atoms with Gasteiger partial charge in [0.25, 0.3) is 11.5 Å². The third-order valence-electron chi connectivity index (χ3n) is 3.63. The van der Waals surface area contributed by atoms with Crippen LogP contribution in [-0.2, 0) is 20.6 Å². The molecule has 3 rings (SSSR count). The lowest BCUT2D eigenvalue weighted by Crippen LogP contribution is -2.36. The predicted molar refractivity (Wildman–Crippen MR) is 86.8 cm³/mol. The highest BCUT2D eigenvalue weighted by atomic mass is 32.1. The fourth-order valence-electron chi connectivity index (χ4n) is 2.31. The van der Waals surface area contributed by atoms with E-state index in [2.05, 4.69) is 15.3 Å². The molecule has 0 spiro atoms. The monoisotopic (exact) mass is 333 g/mol. The van der Waals surface area contributed by atoms with E-state index in [9.17, 15) is 14.4 Å². The van der Waals surface area contributed by atoms with Crippen molar-refractivity contribution in [2.45, 2.75) is 13.5 Å². The molecule has 0 radical (unpaired) electrons. The molecule has 0 saturated heterocycles. The highest BCUT2D eigenvalue weighted by Crippen LogP contribution is 2.15. The fourth-order valence-corrected chi connectivity index (χ4v) is 3.15. The molecular weight excluding hydrogens is 318 g/mol. The molecule has 0 fully saturated rings. The zero-order valence-corrected chi connectivity index (χ0v) is 13.7. The quantitative estimate of drug-likeness (QED) is 0.718. The molecule has 0 saturated carbocycles. The van der Waals surface area contributed by atoms with Crippen LogP contribution in [-0.4, -0.2) is 25.0 Å². The van der Waals surface area contributed by atoms with Crippen molar-refractivity contribution in [2.24, 2.45) is 14.1 Å². The van der Waals surface area contributed by atoms with Gasteiger partial charge in [0.1, 0.15) is 11.3 Å². The van der Waals surface area contributed by atoms with Gasteiger partial charge in [-0.05, 0) is 23.9 Å². The van der Waals surface area contributed by atoms with Gasteiger partial charge in [-0.3, -0.25) is 18.7 Å². The van der Waals surface area contributed by atoms with Crippen molar-refractivity contribution in [2.75, 3.05) is 0 Å². The smallest absolute Gasteiger partial charge is 0.332 e. The Morgan fingerprint density at radius 3 is 2.74 bits per heavy atom. The Bertz CT molecular complexity index is 1020. The van der Waals surface area contributed by atoms with E-state index in [-0.39, 0.29) is 23.6 Å². The Balaban J connectivity index is 1.90. The average molecular weight is 333 g/mol. The molecule has 0 aliphatic carbocycles. The molecular formula is C14H15N5O3S. The van der Waals surface area contributed by atoms with Crippen molar-refractivity contribution < 1.29 is 4.79 Å². The summed E-state index contributed by atoms with van der Waals surface area (Å²) in [6.45, 7) is 2.01. The molecule has 2 N–H and O–H groups in total. The zero-order valence-electron chi connectivity index (χ0n) is 12.8. The molecule has 1 amide bonds. The molecule has 3 aromatic heterocycles. The predicted octanol–water partition coefficient (Wildman–Crippen LogP) is 0.260. The number of imidazole rings is 1. The van der Waals surface area contributed by atoms with Crippen LogP contribution < -0.4 is 16.6 Å². The highest BCUT2D eigenvalue weighted by Gasteiger charge is 2.15. The molecule has 0 aromatic carbocycles. The fraction of sp³-hybridized carbons (Fsp3) is 0.286. The number of carbonyl (C=O) groups is 1. The number of aromatic nitrogens is 4. The van der Waals surface area contributed by atoms with Gasteiger partial charge in [-0.2, -0.15) is 0 Å². The molecule has 3 heterocycles. The first kappa shape index (κ1) is 15.2. The van der Waals surface area contributed by atoms with E-state index in [0.29, 0.717) is 10.7 Å². The SMILES string of the molecule is Cc1ccsc1C(=O)NCc1nc2c([nH]1)c(=O)n(C)c(=O)n2C. The highest BCUT2D eigenvalue weighted by molar-refractivity contribution is 7.12. The van der Waals surface area contributed by atoms with Crippen molar-refractivity contribution in [3.05, 3.63) is 48.5 Å². The van der Waals surface area contributed by atoms with Gasteiger partial charge in [0.15, 0.2) is 5.65 Å². The molecule has 0 unspecified atom stereocenters. The van der Waals surface area contributed by atoms with Crippen molar-refractivity contribution in [1.29, 1.82) is 0 Å². The van der Waals surface area contributed by atoms with Crippen LogP contribution in [0.25, 0.3) is 11.2 Å². The number of nitrogens with one attached hydrogen (secondary N) is 2. The number of aromatic amines is 1. The zero-order chi connectivity index (χ0) is 16.7. The van der Waals surface area contributed by atoms with E-state index in [4.69, 9.17) is 0 Å². The summed E-state index contributed by atoms with van der Waals surface area (Å²) < 4.78 is 2.31. The first-order chi connectivity index (χ1) is 10.9. The molecule has 0 bridgehead atoms. The summed E-state index contributed by atoms with van der Waals surface area (Å²) in [5.74, 6) is 0.223. The van der Waals surface area contributed by atoms with Crippen LogP contribution in [0.5, 0.6) is 0 Å². The van der Waals surface area contributed by atoms with Gasteiger partial charge in [-0.15, -0.1) is 11.3 Å². The molecule has 23 heavy (non-hydrogen) atoms. The maximum absolute atomic E-state index is 12.1. The second kappa shape index (κ2) is 5.51. The van der Waals surface area contributed by atoms with Crippen LogP contribution in [0.15, 0.2) is 21.0 Å². The Morgan fingerprint density at radius 1 is 1.35 bits per heavy atom. The second-order valence-electron chi connectivity index (χ2n) is 5.20. The van der Waals surface area contributed by atoms with Crippen LogP contribution in [0, 0.1) is 6.92 Å². The number of hydrogen-bond donors (Lipinski definition) is 2. The number of nitrogens with zero attached hydrogens (tertiary/aromatic N) is 3. The first-order valence-corrected chi connectivity index (χ1v) is 7.75. The Morgan fingerprint density at radius 2 is 2.09 bits per heavy atom. The first-order valence-electron chi connectivity index (χ1n) is 6.87. The molecule has 3 aromatic rings. The Labute approximate surface area is 134 Å². The topological polar surface area (TPSA) is 102 Å². The van der Waals surface area contributed by atoms with Gasteiger partial charge in [0.05, 0.1) is 11.4 Å². The van der Waals surface area contributed by atoms with Gasteiger partial charge >= 0.3 is 5.69 Å². The second-order valence-corrected chi connectivity index (χ2v) is 6.12. The van der Waals surface area contributed by atoms with Crippen LogP contribution in [0.2, 0.25) is 0 Å². The molecule has 0 atom stereocenters. The minimum Gasteiger partial charge on any atom is -0.344 e. The summed E-state index contributed by atoms with van der Waals surface area (Å²) in [5.41, 5.74) is 0.537. The summed E-state index contributed by atoms with van der Waals surface area (Å²) in [6.07, 6.45) is 0. The normalized spacial score (nSPS) is 11.1. The van der Waals surface area contributed by atoms with Crippen LogP contribution >= 0.6 is 11.3 Å². The van der Waals surface area contributed by atoms with Gasteiger partial charge in [-0.1, -0.05) is 0 Å². The van der Waals surface area contributed by atoms with Crippen LogP contribution in [0.4, 0.5) is 0 Å². The molecule has 120 valence electrons. The number of fused-ring (bicyclic) bond motifs is 1. The van der Waals surface area contributed by atoms with Crippen molar-refractivity contribution in [1.82, 2.24) is 24.4 Å². The molecule has 0 aliphatic heterocycles. The maximum Gasteiger partial charge on any atom is 0.332 e. The van der Waals surface area contributed by atoms with Crippen LogP contribution in [0.1, 0.15) is 21.1 Å². The van der Waals surface area contributed by atoms with E-state index in [1.165, 1.54) is 23.0 Å². The number of aryl methyl sites for hydroxylation is 2. The number of thiophene rings is 1. The third kappa shape index (κ3) is 2.48. The standard InChI is InChI=1S/C14H15N5O3S/c1-7-4-5-23-10(7)12(20)15-6-8-16-9-11(17-8)18(2)14(22)19(3)13(9)21/h4-5H,6H2,1-3H3,(H,15,20)(H,16,17). The molecule has 9 heteroatoms. The van der Waals surface area contributed by atoms with Crippen molar-refractivity contribution >= 4 is 28.4 Å². The van der Waals surface area contributed by atoms with E-state index in [1.54, 1.807) is 7.05 Å². The number of rotatable bonds is 3. The molecule has 0 aliphatic rings. The lowest BCUT2D eigenvalue weighted by molar-refractivity contribution is 0.0953. The van der Waals surface area contributed by atoms with Crippen LogP contribution in [0.3, 0.4) is 0 Å². The number of amides is 1. The van der Waals surface area contributed by atoms with E-state index in [1.807, 2.05) is 18.4 Å². The van der Waals surface area contributed by atoms with E-state index < -0.39 is 11.2 Å². The molecule has 8 nitrogen and oxygen atoms in total. The third-order valence-corrected chi connectivity index (χ3v) is 4.64. The largest absolute Gasteiger partial charge is 0.344 e. The van der Waals surface area contributed by atoms with Crippen molar-refractivity contribution in [3.8, 4) is 0 Å². The summed E-state index contributed by atoms with van der Waals surface area (Å²) in [7, 11) is 2.95. The minimum atomic E-state index is -0.446. The summed E-state index contributed by atoms with van der Waals surface area (Å²) >= 11 is 1.37. The minimum absolute atomic E-state index is 0.141. The summed E-state index contributed by atoms with van der Waals surface area (Å²) in [4.78, 5) is 43.8. The summed E-state index contributed by atoms with van der Waals surface area (Å²) in [5, 5.41) is 4.60. The lowest BCUT2D eigenvalue weighted by atomic mass is 10.3.